The van der Waals surface area contributed by atoms with E-state index in [1.54, 1.807) is 11.8 Å². The summed E-state index contributed by atoms with van der Waals surface area (Å²) in [5.41, 5.74) is 7.40. The molecule has 1 aliphatic heterocycles. The molecule has 0 atom stereocenters. The second kappa shape index (κ2) is 3.90. The smallest absolute Gasteiger partial charge is 0.224 e. The molecule has 2 rings (SSSR count). The van der Waals surface area contributed by atoms with Crippen LogP contribution in [0.25, 0.3) is 0 Å². The first-order valence-corrected chi connectivity index (χ1v) is 4.96. The minimum absolute atomic E-state index is 0.0359. The maximum Gasteiger partial charge on any atom is 0.224 e. The highest BCUT2D eigenvalue weighted by molar-refractivity contribution is 5.93. The summed E-state index contributed by atoms with van der Waals surface area (Å²) in [5.74, 6) is 0.794. The SMILES string of the molecule is CC(=O)N1CCOc2ccc(CN)cc21. The van der Waals surface area contributed by atoms with Crippen LogP contribution in [0.1, 0.15) is 12.5 Å². The van der Waals surface area contributed by atoms with Gasteiger partial charge in [0.1, 0.15) is 12.4 Å². The molecule has 0 unspecified atom stereocenters. The average Bonchev–Trinajstić information content (AvgIpc) is 2.27. The lowest BCUT2D eigenvalue weighted by molar-refractivity contribution is -0.116. The Morgan fingerprint density at radius 1 is 1.60 bits per heavy atom. The van der Waals surface area contributed by atoms with Crippen LogP contribution in [0, 0.1) is 0 Å². The van der Waals surface area contributed by atoms with Gasteiger partial charge in [0.05, 0.1) is 12.2 Å². The molecule has 1 aromatic rings. The number of rotatable bonds is 1. The molecular formula is C11H14N2O2. The number of anilines is 1. The van der Waals surface area contributed by atoms with Gasteiger partial charge in [-0.15, -0.1) is 0 Å². The standard InChI is InChI=1S/C11H14N2O2/c1-8(14)13-4-5-15-11-3-2-9(7-12)6-10(11)13/h2-3,6H,4-5,7,12H2,1H3. The van der Waals surface area contributed by atoms with E-state index >= 15 is 0 Å². The van der Waals surface area contributed by atoms with Gasteiger partial charge in [0.15, 0.2) is 0 Å². The lowest BCUT2D eigenvalue weighted by Gasteiger charge is -2.29. The lowest BCUT2D eigenvalue weighted by atomic mass is 10.1. The van der Waals surface area contributed by atoms with Crippen molar-refractivity contribution in [2.24, 2.45) is 5.73 Å². The van der Waals surface area contributed by atoms with Crippen molar-refractivity contribution in [3.8, 4) is 5.75 Å². The van der Waals surface area contributed by atoms with Crippen molar-refractivity contribution in [3.63, 3.8) is 0 Å². The van der Waals surface area contributed by atoms with E-state index in [2.05, 4.69) is 0 Å². The fourth-order valence-electron chi connectivity index (χ4n) is 1.72. The number of hydrogen-bond donors (Lipinski definition) is 1. The molecule has 0 aromatic heterocycles. The molecule has 80 valence electrons. The van der Waals surface area contributed by atoms with Gasteiger partial charge < -0.3 is 15.4 Å². The van der Waals surface area contributed by atoms with E-state index in [-0.39, 0.29) is 5.91 Å². The normalized spacial score (nSPS) is 14.4. The third-order valence-electron chi connectivity index (χ3n) is 2.50. The van der Waals surface area contributed by atoms with E-state index in [0.29, 0.717) is 19.7 Å². The maximum absolute atomic E-state index is 11.4. The summed E-state index contributed by atoms with van der Waals surface area (Å²) in [7, 11) is 0. The van der Waals surface area contributed by atoms with Crippen molar-refractivity contribution in [2.45, 2.75) is 13.5 Å². The van der Waals surface area contributed by atoms with Crippen molar-refractivity contribution in [1.29, 1.82) is 0 Å². The molecule has 1 heterocycles. The highest BCUT2D eigenvalue weighted by Crippen LogP contribution is 2.32. The number of nitrogens with zero attached hydrogens (tertiary/aromatic N) is 1. The third-order valence-corrected chi connectivity index (χ3v) is 2.50. The van der Waals surface area contributed by atoms with E-state index in [9.17, 15) is 4.79 Å². The Balaban J connectivity index is 2.43. The minimum atomic E-state index is 0.0359. The van der Waals surface area contributed by atoms with Gasteiger partial charge in [-0.1, -0.05) is 6.07 Å². The van der Waals surface area contributed by atoms with Crippen molar-refractivity contribution in [2.75, 3.05) is 18.1 Å². The van der Waals surface area contributed by atoms with Crippen molar-refractivity contribution >= 4 is 11.6 Å². The summed E-state index contributed by atoms with van der Waals surface area (Å²) < 4.78 is 5.47. The Bertz CT molecular complexity index is 390. The number of hydrogen-bond acceptors (Lipinski definition) is 3. The minimum Gasteiger partial charge on any atom is -0.490 e. The van der Waals surface area contributed by atoms with Gasteiger partial charge in [-0.05, 0) is 17.7 Å². The van der Waals surface area contributed by atoms with Gasteiger partial charge >= 0.3 is 0 Å². The predicted octanol–water partition coefficient (Wildman–Crippen LogP) is 0.891. The Labute approximate surface area is 88.6 Å². The molecule has 4 heteroatoms. The first kappa shape index (κ1) is 9.98. The van der Waals surface area contributed by atoms with E-state index < -0.39 is 0 Å². The topological polar surface area (TPSA) is 55.6 Å². The second-order valence-corrected chi connectivity index (χ2v) is 3.53. The van der Waals surface area contributed by atoms with Gasteiger partial charge in [-0.2, -0.15) is 0 Å². The van der Waals surface area contributed by atoms with Crippen LogP contribution in [-0.2, 0) is 11.3 Å². The highest BCUT2D eigenvalue weighted by Gasteiger charge is 2.20. The van der Waals surface area contributed by atoms with Gasteiger partial charge in [0.25, 0.3) is 0 Å². The van der Waals surface area contributed by atoms with Crippen molar-refractivity contribution < 1.29 is 9.53 Å². The number of carbonyl (C=O) groups excluding carboxylic acids is 1. The summed E-state index contributed by atoms with van der Waals surface area (Å²) in [6.07, 6.45) is 0. The maximum atomic E-state index is 11.4. The van der Waals surface area contributed by atoms with Gasteiger partial charge in [0.2, 0.25) is 5.91 Å². The zero-order valence-electron chi connectivity index (χ0n) is 8.69. The molecule has 0 aliphatic carbocycles. The second-order valence-electron chi connectivity index (χ2n) is 3.53. The molecule has 0 radical (unpaired) electrons. The first-order chi connectivity index (χ1) is 7.22. The fraction of sp³-hybridized carbons (Fsp3) is 0.364. The molecule has 0 fully saturated rings. The number of ether oxygens (including phenoxy) is 1. The summed E-state index contributed by atoms with van der Waals surface area (Å²) in [4.78, 5) is 13.1. The van der Waals surface area contributed by atoms with E-state index in [4.69, 9.17) is 10.5 Å². The molecule has 0 bridgehead atoms. The summed E-state index contributed by atoms with van der Waals surface area (Å²) in [5, 5.41) is 0. The lowest BCUT2D eigenvalue weighted by Crippen LogP contribution is -2.36. The Morgan fingerprint density at radius 3 is 3.07 bits per heavy atom. The molecule has 2 N–H and O–H groups in total. The van der Waals surface area contributed by atoms with Crippen LogP contribution >= 0.6 is 0 Å². The molecule has 15 heavy (non-hydrogen) atoms. The van der Waals surface area contributed by atoms with Crippen LogP contribution in [0.3, 0.4) is 0 Å². The van der Waals surface area contributed by atoms with Crippen LogP contribution in [-0.4, -0.2) is 19.1 Å². The number of amides is 1. The van der Waals surface area contributed by atoms with E-state index in [1.807, 2.05) is 18.2 Å². The van der Waals surface area contributed by atoms with Crippen molar-refractivity contribution in [1.82, 2.24) is 0 Å². The van der Waals surface area contributed by atoms with E-state index in [1.165, 1.54) is 0 Å². The molecule has 0 spiro atoms. The van der Waals surface area contributed by atoms with Gasteiger partial charge in [0, 0.05) is 13.5 Å². The van der Waals surface area contributed by atoms with Crippen molar-refractivity contribution in [3.05, 3.63) is 23.8 Å². The Kier molecular flexibility index (Phi) is 2.60. The van der Waals surface area contributed by atoms with Crippen LogP contribution in [0.2, 0.25) is 0 Å². The molecular weight excluding hydrogens is 192 g/mol. The zero-order valence-corrected chi connectivity index (χ0v) is 8.69. The quantitative estimate of drug-likeness (QED) is 0.742. The highest BCUT2D eigenvalue weighted by atomic mass is 16.5. The van der Waals surface area contributed by atoms with Crippen LogP contribution in [0.5, 0.6) is 5.75 Å². The Hall–Kier alpha value is -1.55. The zero-order chi connectivity index (χ0) is 10.8. The molecule has 1 aromatic carbocycles. The number of fused-ring (bicyclic) bond motifs is 1. The van der Waals surface area contributed by atoms with Gasteiger partial charge in [-0.3, -0.25) is 4.79 Å². The summed E-state index contributed by atoms with van der Waals surface area (Å²) in [6.45, 7) is 3.19. The molecule has 1 amide bonds. The predicted molar refractivity (Wildman–Crippen MR) is 57.9 cm³/mol. The third kappa shape index (κ3) is 1.80. The summed E-state index contributed by atoms with van der Waals surface area (Å²) >= 11 is 0. The fourth-order valence-corrected chi connectivity index (χ4v) is 1.72. The number of nitrogens with two attached hydrogens (primary N) is 1. The number of carbonyl (C=O) groups is 1. The largest absolute Gasteiger partial charge is 0.490 e. The monoisotopic (exact) mass is 206 g/mol. The van der Waals surface area contributed by atoms with Crippen LogP contribution in [0.15, 0.2) is 18.2 Å². The van der Waals surface area contributed by atoms with Crippen LogP contribution < -0.4 is 15.4 Å². The number of benzene rings is 1. The molecule has 4 nitrogen and oxygen atoms in total. The van der Waals surface area contributed by atoms with E-state index in [0.717, 1.165) is 17.0 Å². The molecule has 0 saturated heterocycles. The molecule has 1 aliphatic rings. The average molecular weight is 206 g/mol. The summed E-state index contributed by atoms with van der Waals surface area (Å²) in [6, 6.07) is 5.70. The Morgan fingerprint density at radius 2 is 2.40 bits per heavy atom. The van der Waals surface area contributed by atoms with Crippen LogP contribution in [0.4, 0.5) is 5.69 Å². The molecule has 0 saturated carbocycles. The van der Waals surface area contributed by atoms with Gasteiger partial charge in [-0.25, -0.2) is 0 Å². The first-order valence-electron chi connectivity index (χ1n) is 4.96.